The summed E-state index contributed by atoms with van der Waals surface area (Å²) in [6.07, 6.45) is 2.57. The Kier molecular flexibility index (Phi) is 5.02. The van der Waals surface area contributed by atoms with Gasteiger partial charge in [0.15, 0.2) is 5.75 Å². The molecule has 0 aliphatic heterocycles. The number of aromatic nitrogens is 6. The normalized spacial score (nSPS) is 12.4. The number of aromatic amines is 1. The molecule has 1 unspecified atom stereocenters. The SMILES string of the molecule is CCCC(O)c1[nH]c2ncccc2c1Oc1c(C)cc(-c2nnn(C)n2)cc1C. The molecule has 0 amide bonds. The maximum atomic E-state index is 10.6. The van der Waals surface area contributed by atoms with Crippen molar-refractivity contribution < 1.29 is 9.84 Å². The van der Waals surface area contributed by atoms with Crippen LogP contribution in [0.5, 0.6) is 11.5 Å². The Morgan fingerprint density at radius 3 is 2.62 bits per heavy atom. The number of hydrogen-bond donors (Lipinski definition) is 2. The van der Waals surface area contributed by atoms with E-state index in [1.165, 1.54) is 4.80 Å². The van der Waals surface area contributed by atoms with Gasteiger partial charge in [-0.05, 0) is 60.9 Å². The Morgan fingerprint density at radius 1 is 1.21 bits per heavy atom. The second-order valence-electron chi connectivity index (χ2n) is 7.22. The van der Waals surface area contributed by atoms with Gasteiger partial charge in [0.2, 0.25) is 5.82 Å². The highest BCUT2D eigenvalue weighted by molar-refractivity contribution is 5.85. The molecule has 1 atom stereocenters. The minimum Gasteiger partial charge on any atom is -0.454 e. The number of aliphatic hydroxyl groups is 1. The molecule has 3 heterocycles. The lowest BCUT2D eigenvalue weighted by atomic mass is 10.0. The van der Waals surface area contributed by atoms with Crippen LogP contribution < -0.4 is 4.74 Å². The van der Waals surface area contributed by atoms with Crippen molar-refractivity contribution in [2.75, 3.05) is 0 Å². The van der Waals surface area contributed by atoms with Crippen LogP contribution in [0.1, 0.15) is 42.7 Å². The Bertz CT molecular complexity index is 1140. The number of aliphatic hydroxyl groups excluding tert-OH is 1. The van der Waals surface area contributed by atoms with Crippen LogP contribution in [0, 0.1) is 13.8 Å². The molecule has 0 radical (unpaired) electrons. The fourth-order valence-corrected chi connectivity index (χ4v) is 3.52. The van der Waals surface area contributed by atoms with Gasteiger partial charge < -0.3 is 14.8 Å². The smallest absolute Gasteiger partial charge is 0.204 e. The van der Waals surface area contributed by atoms with Gasteiger partial charge in [0.05, 0.1) is 24.2 Å². The van der Waals surface area contributed by atoms with E-state index in [0.29, 0.717) is 29.3 Å². The third-order valence-electron chi connectivity index (χ3n) is 4.88. The molecule has 0 bridgehead atoms. The summed E-state index contributed by atoms with van der Waals surface area (Å²) < 4.78 is 6.40. The number of nitrogens with zero attached hydrogens (tertiary/aromatic N) is 5. The summed E-state index contributed by atoms with van der Waals surface area (Å²) in [6, 6.07) is 7.77. The van der Waals surface area contributed by atoms with Gasteiger partial charge in [-0.3, -0.25) is 0 Å². The first kappa shape index (κ1) is 19.1. The van der Waals surface area contributed by atoms with Crippen molar-refractivity contribution >= 4 is 11.0 Å². The molecule has 2 N–H and O–H groups in total. The van der Waals surface area contributed by atoms with Crippen molar-refractivity contribution in [3.63, 3.8) is 0 Å². The van der Waals surface area contributed by atoms with Crippen molar-refractivity contribution in [3.05, 3.63) is 47.3 Å². The van der Waals surface area contributed by atoms with Crippen LogP contribution in [0.15, 0.2) is 30.5 Å². The van der Waals surface area contributed by atoms with E-state index in [1.807, 2.05) is 45.0 Å². The lowest BCUT2D eigenvalue weighted by Crippen LogP contribution is -2.01. The Balaban J connectivity index is 1.78. The van der Waals surface area contributed by atoms with Crippen molar-refractivity contribution in [3.8, 4) is 22.9 Å². The number of fused-ring (bicyclic) bond motifs is 1. The summed E-state index contributed by atoms with van der Waals surface area (Å²) in [5, 5.41) is 23.8. The number of pyridine rings is 1. The summed E-state index contributed by atoms with van der Waals surface area (Å²) in [7, 11) is 1.74. The van der Waals surface area contributed by atoms with Gasteiger partial charge in [0.1, 0.15) is 11.4 Å². The second kappa shape index (κ2) is 7.63. The highest BCUT2D eigenvalue weighted by Gasteiger charge is 2.22. The number of rotatable bonds is 6. The van der Waals surface area contributed by atoms with Crippen molar-refractivity contribution in [1.82, 2.24) is 30.2 Å². The van der Waals surface area contributed by atoms with E-state index in [0.717, 1.165) is 34.2 Å². The van der Waals surface area contributed by atoms with Crippen LogP contribution >= 0.6 is 0 Å². The Labute approximate surface area is 168 Å². The molecule has 4 aromatic rings. The maximum Gasteiger partial charge on any atom is 0.204 e. The molecule has 150 valence electrons. The fourth-order valence-electron chi connectivity index (χ4n) is 3.52. The number of aryl methyl sites for hydroxylation is 3. The van der Waals surface area contributed by atoms with Crippen LogP contribution in [0.4, 0.5) is 0 Å². The molecule has 8 heteroatoms. The van der Waals surface area contributed by atoms with Gasteiger partial charge in [0.25, 0.3) is 0 Å². The molecular formula is C21H24N6O2. The zero-order valence-corrected chi connectivity index (χ0v) is 17.0. The molecule has 8 nitrogen and oxygen atoms in total. The van der Waals surface area contributed by atoms with Crippen LogP contribution in [0.2, 0.25) is 0 Å². The first-order valence-electron chi connectivity index (χ1n) is 9.66. The van der Waals surface area contributed by atoms with Gasteiger partial charge in [-0.2, -0.15) is 4.80 Å². The summed E-state index contributed by atoms with van der Waals surface area (Å²) >= 11 is 0. The molecule has 3 aromatic heterocycles. The first-order chi connectivity index (χ1) is 14.0. The van der Waals surface area contributed by atoms with Crippen molar-refractivity contribution in [2.24, 2.45) is 7.05 Å². The van der Waals surface area contributed by atoms with Gasteiger partial charge >= 0.3 is 0 Å². The van der Waals surface area contributed by atoms with E-state index < -0.39 is 6.10 Å². The highest BCUT2D eigenvalue weighted by atomic mass is 16.5. The average Bonchev–Trinajstić information content (AvgIpc) is 3.28. The summed E-state index contributed by atoms with van der Waals surface area (Å²) in [6.45, 7) is 6.01. The van der Waals surface area contributed by atoms with Crippen LogP contribution in [-0.2, 0) is 7.05 Å². The number of hydrogen-bond acceptors (Lipinski definition) is 6. The zero-order chi connectivity index (χ0) is 20.5. The predicted octanol–water partition coefficient (Wildman–Crippen LogP) is 4.00. The minimum atomic E-state index is -0.645. The van der Waals surface area contributed by atoms with E-state index >= 15 is 0 Å². The standard InChI is InChI=1S/C21H24N6O2/c1-5-7-16(28)17-19(15-8-6-9-22-21(15)23-17)29-18-12(2)10-14(11-13(18)3)20-24-26-27(4)25-20/h6,8-11,16,28H,5,7H2,1-4H3,(H,22,23). The number of tetrazole rings is 1. The number of H-pyrrole nitrogens is 1. The van der Waals surface area contributed by atoms with E-state index in [-0.39, 0.29) is 0 Å². The minimum absolute atomic E-state index is 0.570. The Morgan fingerprint density at radius 2 is 1.97 bits per heavy atom. The average molecular weight is 392 g/mol. The molecule has 4 rings (SSSR count). The highest BCUT2D eigenvalue weighted by Crippen LogP contribution is 2.40. The van der Waals surface area contributed by atoms with Crippen molar-refractivity contribution in [2.45, 2.75) is 39.7 Å². The molecule has 0 aliphatic rings. The van der Waals surface area contributed by atoms with Gasteiger partial charge in [-0.1, -0.05) is 13.3 Å². The van der Waals surface area contributed by atoms with E-state index in [2.05, 4.69) is 25.4 Å². The molecular weight excluding hydrogens is 368 g/mol. The molecule has 29 heavy (non-hydrogen) atoms. The van der Waals surface area contributed by atoms with E-state index in [1.54, 1.807) is 13.2 Å². The Hall–Kier alpha value is -3.26. The second-order valence-corrected chi connectivity index (χ2v) is 7.22. The van der Waals surface area contributed by atoms with Crippen LogP contribution in [-0.4, -0.2) is 35.3 Å². The third-order valence-corrected chi connectivity index (χ3v) is 4.88. The molecule has 0 fully saturated rings. The molecule has 1 aromatic carbocycles. The lowest BCUT2D eigenvalue weighted by Gasteiger charge is -2.16. The number of ether oxygens (including phenoxy) is 1. The molecule has 0 saturated heterocycles. The topological polar surface area (TPSA) is 102 Å². The maximum absolute atomic E-state index is 10.6. The fraction of sp³-hybridized carbons (Fsp3) is 0.333. The summed E-state index contributed by atoms with van der Waals surface area (Å²) in [4.78, 5) is 9.04. The summed E-state index contributed by atoms with van der Waals surface area (Å²) in [5.74, 6) is 1.93. The van der Waals surface area contributed by atoms with Gasteiger partial charge in [0, 0.05) is 11.8 Å². The van der Waals surface area contributed by atoms with E-state index in [9.17, 15) is 5.11 Å². The largest absolute Gasteiger partial charge is 0.454 e. The van der Waals surface area contributed by atoms with Gasteiger partial charge in [-0.15, -0.1) is 10.2 Å². The monoisotopic (exact) mass is 392 g/mol. The number of benzene rings is 1. The molecule has 0 aliphatic carbocycles. The van der Waals surface area contributed by atoms with Crippen LogP contribution in [0.25, 0.3) is 22.4 Å². The predicted molar refractivity (Wildman–Crippen MR) is 110 cm³/mol. The van der Waals surface area contributed by atoms with Gasteiger partial charge in [-0.25, -0.2) is 4.98 Å². The third kappa shape index (κ3) is 3.58. The quantitative estimate of drug-likeness (QED) is 0.514. The van der Waals surface area contributed by atoms with Crippen molar-refractivity contribution in [1.29, 1.82) is 0 Å². The first-order valence-corrected chi connectivity index (χ1v) is 9.66. The summed E-state index contributed by atoms with van der Waals surface area (Å²) in [5.41, 5.74) is 4.12. The van der Waals surface area contributed by atoms with Crippen LogP contribution in [0.3, 0.4) is 0 Å². The lowest BCUT2D eigenvalue weighted by molar-refractivity contribution is 0.159. The van der Waals surface area contributed by atoms with E-state index in [4.69, 9.17) is 4.74 Å². The number of nitrogens with one attached hydrogen (secondary N) is 1. The zero-order valence-electron chi connectivity index (χ0n) is 17.0. The molecule has 0 saturated carbocycles. The molecule has 0 spiro atoms.